The molecule has 19 heavy (non-hydrogen) atoms. The first kappa shape index (κ1) is 13.9. The highest BCUT2D eigenvalue weighted by Crippen LogP contribution is 2.38. The zero-order chi connectivity index (χ0) is 12.5. The number of hydrogen-bond donors (Lipinski definition) is 1. The highest BCUT2D eigenvalue weighted by Gasteiger charge is 2.24. The van der Waals surface area contributed by atoms with E-state index in [0.717, 1.165) is 12.2 Å². The fourth-order valence-corrected chi connectivity index (χ4v) is 2.94. The van der Waals surface area contributed by atoms with Crippen LogP contribution in [0.25, 0.3) is 0 Å². The Bertz CT molecular complexity index is 552. The van der Waals surface area contributed by atoms with Gasteiger partial charge < -0.3 is 9.72 Å². The van der Waals surface area contributed by atoms with Crippen LogP contribution in [0.4, 0.5) is 0 Å². The van der Waals surface area contributed by atoms with Gasteiger partial charge in [0, 0.05) is 11.9 Å². The number of halogens is 1. The number of aromatic amines is 1. The van der Waals surface area contributed by atoms with E-state index in [1.807, 2.05) is 6.20 Å². The van der Waals surface area contributed by atoms with Gasteiger partial charge in [-0.1, -0.05) is 6.07 Å². The van der Waals surface area contributed by atoms with E-state index in [2.05, 4.69) is 29.0 Å². The van der Waals surface area contributed by atoms with Gasteiger partial charge >= 0.3 is 0 Å². The summed E-state index contributed by atoms with van der Waals surface area (Å²) in [5, 5.41) is 0. The van der Waals surface area contributed by atoms with Gasteiger partial charge in [-0.3, -0.25) is 0 Å². The Labute approximate surface area is 119 Å². The van der Waals surface area contributed by atoms with Gasteiger partial charge in [-0.2, -0.15) is 0 Å². The predicted molar refractivity (Wildman–Crippen MR) is 78.3 cm³/mol. The van der Waals surface area contributed by atoms with Crippen LogP contribution in [-0.2, 0) is 12.8 Å². The first-order chi connectivity index (χ1) is 8.78. The molecule has 0 bridgehead atoms. The Morgan fingerprint density at radius 2 is 2.26 bits per heavy atom. The molecular weight excluding hydrogens is 260 g/mol. The van der Waals surface area contributed by atoms with Gasteiger partial charge in [-0.15, -0.1) is 12.4 Å². The van der Waals surface area contributed by atoms with Crippen LogP contribution >= 0.6 is 12.4 Å². The van der Waals surface area contributed by atoms with Crippen molar-refractivity contribution < 1.29 is 4.74 Å². The van der Waals surface area contributed by atoms with Crippen LogP contribution in [0.5, 0.6) is 5.75 Å². The van der Waals surface area contributed by atoms with Crippen molar-refractivity contribution in [2.45, 2.75) is 32.1 Å². The maximum Gasteiger partial charge on any atom is 0.122 e. The van der Waals surface area contributed by atoms with Crippen molar-refractivity contribution in [2.75, 3.05) is 7.11 Å². The third kappa shape index (κ3) is 2.61. The lowest BCUT2D eigenvalue weighted by Crippen LogP contribution is -2.00. The minimum atomic E-state index is 0. The monoisotopic (exact) mass is 278 g/mol. The van der Waals surface area contributed by atoms with E-state index in [1.165, 1.54) is 35.2 Å². The molecule has 102 valence electrons. The molecule has 2 aromatic rings. The molecule has 0 saturated heterocycles. The van der Waals surface area contributed by atoms with Gasteiger partial charge in [0.1, 0.15) is 5.75 Å². The number of H-pyrrole nitrogens is 1. The highest BCUT2D eigenvalue weighted by molar-refractivity contribution is 5.85. The number of aromatic nitrogens is 2. The lowest BCUT2D eigenvalue weighted by molar-refractivity contribution is 0.411. The van der Waals surface area contributed by atoms with Crippen molar-refractivity contribution in [3.05, 3.63) is 47.0 Å². The van der Waals surface area contributed by atoms with Crippen molar-refractivity contribution in [3.63, 3.8) is 0 Å². The smallest absolute Gasteiger partial charge is 0.122 e. The number of methoxy groups -OCH3 is 1. The van der Waals surface area contributed by atoms with Gasteiger partial charge in [0.15, 0.2) is 0 Å². The summed E-state index contributed by atoms with van der Waals surface area (Å²) < 4.78 is 5.43. The van der Waals surface area contributed by atoms with Gasteiger partial charge in [-0.25, -0.2) is 4.98 Å². The fraction of sp³-hybridized carbons (Fsp3) is 0.400. The molecule has 0 spiro atoms. The van der Waals surface area contributed by atoms with Crippen LogP contribution < -0.4 is 4.74 Å². The van der Waals surface area contributed by atoms with Crippen molar-refractivity contribution in [3.8, 4) is 5.75 Å². The first-order valence-corrected chi connectivity index (χ1v) is 6.42. The quantitative estimate of drug-likeness (QED) is 0.934. The first-order valence-electron chi connectivity index (χ1n) is 6.42. The van der Waals surface area contributed by atoms with Crippen molar-refractivity contribution >= 4 is 12.4 Å². The molecular formula is C15H19ClN2O. The molecule has 0 radical (unpaired) electrons. The summed E-state index contributed by atoms with van der Waals surface area (Å²) in [5.41, 5.74) is 5.38. The predicted octanol–water partition coefficient (Wildman–Crippen LogP) is 3.42. The Balaban J connectivity index is 0.00000133. The third-order valence-electron chi connectivity index (χ3n) is 3.88. The second-order valence-electron chi connectivity index (χ2n) is 5.04. The maximum absolute atomic E-state index is 5.43. The standard InChI is InChI=1S/C15H18N2O.ClH/c1-10-5-11-3-4-12(6-13-8-16-9-17-13)14(11)7-15(10)18-2;/h5,7-9,12H,3-4,6H2,1-2H3,(H,16,17);1H. The van der Waals surface area contributed by atoms with Crippen LogP contribution in [0.15, 0.2) is 24.7 Å². The Morgan fingerprint density at radius 1 is 1.42 bits per heavy atom. The Hall–Kier alpha value is -1.48. The molecule has 0 saturated carbocycles. The number of hydrogen-bond acceptors (Lipinski definition) is 2. The molecule has 0 fully saturated rings. The summed E-state index contributed by atoms with van der Waals surface area (Å²) in [4.78, 5) is 7.28. The highest BCUT2D eigenvalue weighted by atomic mass is 35.5. The van der Waals surface area contributed by atoms with E-state index in [4.69, 9.17) is 4.74 Å². The second kappa shape index (κ2) is 5.66. The average molecular weight is 279 g/mol. The van der Waals surface area contributed by atoms with E-state index >= 15 is 0 Å². The lowest BCUT2D eigenvalue weighted by atomic mass is 9.95. The molecule has 4 heteroatoms. The topological polar surface area (TPSA) is 37.9 Å². The summed E-state index contributed by atoms with van der Waals surface area (Å²) in [6.07, 6.45) is 7.11. The zero-order valence-corrected chi connectivity index (χ0v) is 12.1. The minimum Gasteiger partial charge on any atom is -0.496 e. The molecule has 1 N–H and O–H groups in total. The Morgan fingerprint density at radius 3 is 2.95 bits per heavy atom. The Kier molecular flexibility index (Phi) is 4.15. The van der Waals surface area contributed by atoms with E-state index < -0.39 is 0 Å². The number of nitrogens with one attached hydrogen (secondary N) is 1. The van der Waals surface area contributed by atoms with Crippen LogP contribution in [-0.4, -0.2) is 17.1 Å². The molecule has 3 rings (SSSR count). The fourth-order valence-electron chi connectivity index (χ4n) is 2.94. The van der Waals surface area contributed by atoms with Crippen LogP contribution in [0, 0.1) is 6.92 Å². The molecule has 1 aliphatic carbocycles. The summed E-state index contributed by atoms with van der Waals surface area (Å²) >= 11 is 0. The number of rotatable bonds is 3. The van der Waals surface area contributed by atoms with Gasteiger partial charge in [0.2, 0.25) is 0 Å². The third-order valence-corrected chi connectivity index (χ3v) is 3.88. The van der Waals surface area contributed by atoms with Gasteiger partial charge in [0.25, 0.3) is 0 Å². The molecule has 3 nitrogen and oxygen atoms in total. The van der Waals surface area contributed by atoms with Crippen LogP contribution in [0.2, 0.25) is 0 Å². The van der Waals surface area contributed by atoms with E-state index in [1.54, 1.807) is 13.4 Å². The molecule has 1 atom stereocenters. The molecule has 1 aromatic carbocycles. The normalized spacial score (nSPS) is 16.8. The molecule has 1 aliphatic rings. The van der Waals surface area contributed by atoms with Crippen molar-refractivity contribution in [1.29, 1.82) is 0 Å². The molecule has 1 heterocycles. The van der Waals surface area contributed by atoms with Crippen LogP contribution in [0.1, 0.15) is 34.7 Å². The largest absolute Gasteiger partial charge is 0.496 e. The minimum absolute atomic E-state index is 0. The van der Waals surface area contributed by atoms with Gasteiger partial charge in [-0.05, 0) is 54.9 Å². The molecule has 1 aromatic heterocycles. The van der Waals surface area contributed by atoms with E-state index in [9.17, 15) is 0 Å². The average Bonchev–Trinajstić information content (AvgIpc) is 2.99. The van der Waals surface area contributed by atoms with E-state index in [-0.39, 0.29) is 12.4 Å². The van der Waals surface area contributed by atoms with Gasteiger partial charge in [0.05, 0.1) is 13.4 Å². The zero-order valence-electron chi connectivity index (χ0n) is 11.3. The number of imidazole rings is 1. The lowest BCUT2D eigenvalue weighted by Gasteiger charge is -2.13. The number of nitrogens with zero attached hydrogens (tertiary/aromatic N) is 1. The summed E-state index contributed by atoms with van der Waals surface area (Å²) in [6, 6.07) is 4.50. The molecule has 0 amide bonds. The maximum atomic E-state index is 5.43. The molecule has 1 unspecified atom stereocenters. The van der Waals surface area contributed by atoms with Crippen LogP contribution in [0.3, 0.4) is 0 Å². The summed E-state index contributed by atoms with van der Waals surface area (Å²) in [5.74, 6) is 1.60. The molecule has 0 aliphatic heterocycles. The van der Waals surface area contributed by atoms with Crippen molar-refractivity contribution in [2.24, 2.45) is 0 Å². The number of ether oxygens (including phenoxy) is 1. The number of benzene rings is 1. The number of fused-ring (bicyclic) bond motifs is 1. The van der Waals surface area contributed by atoms with Crippen molar-refractivity contribution in [1.82, 2.24) is 9.97 Å². The number of aryl methyl sites for hydroxylation is 2. The SMILES string of the molecule is COc1cc2c(cc1C)CCC2Cc1cnc[nH]1.Cl. The summed E-state index contributed by atoms with van der Waals surface area (Å²) in [6.45, 7) is 2.11. The van der Waals surface area contributed by atoms with E-state index in [0.29, 0.717) is 5.92 Å². The summed E-state index contributed by atoms with van der Waals surface area (Å²) in [7, 11) is 1.74. The second-order valence-corrected chi connectivity index (χ2v) is 5.04.